The molecular weight excluding hydrogens is 280 g/mol. The van der Waals surface area contributed by atoms with E-state index in [1.807, 2.05) is 11.0 Å². The molecule has 1 fully saturated rings. The topological polar surface area (TPSA) is 58.6 Å². The minimum Gasteiger partial charge on any atom is -0.494 e. The number of ketones is 1. The Balaban J connectivity index is 1.71. The van der Waals surface area contributed by atoms with Crippen molar-refractivity contribution in [2.45, 2.75) is 26.2 Å². The number of Topliss-reactive ketones (excluding diaryl/α,β-unsaturated/α-hetero) is 1. The molecule has 1 heterocycles. The van der Waals surface area contributed by atoms with Gasteiger partial charge in [0.2, 0.25) is 5.91 Å². The van der Waals surface area contributed by atoms with Gasteiger partial charge in [-0.3, -0.25) is 9.59 Å². The minimum atomic E-state index is 0.0235. The summed E-state index contributed by atoms with van der Waals surface area (Å²) in [6.45, 7) is 5.51. The van der Waals surface area contributed by atoms with Crippen LogP contribution < -0.4 is 10.1 Å². The lowest BCUT2D eigenvalue weighted by atomic mass is 10.1. The highest BCUT2D eigenvalue weighted by Crippen LogP contribution is 2.14. The monoisotopic (exact) mass is 304 g/mol. The van der Waals surface area contributed by atoms with Crippen LogP contribution in [0.4, 0.5) is 0 Å². The Morgan fingerprint density at radius 1 is 1.27 bits per heavy atom. The van der Waals surface area contributed by atoms with Gasteiger partial charge in [0.1, 0.15) is 5.75 Å². The smallest absolute Gasteiger partial charge is 0.222 e. The average Bonchev–Trinajstić information content (AvgIpc) is 2.81. The molecular formula is C17H24N2O3. The second-order valence-corrected chi connectivity index (χ2v) is 5.52. The fraction of sp³-hybridized carbons (Fsp3) is 0.529. The van der Waals surface area contributed by atoms with Crippen LogP contribution in [-0.2, 0) is 4.79 Å². The van der Waals surface area contributed by atoms with Gasteiger partial charge < -0.3 is 15.0 Å². The van der Waals surface area contributed by atoms with Gasteiger partial charge in [0, 0.05) is 31.6 Å². The van der Waals surface area contributed by atoms with Crippen molar-refractivity contribution in [3.05, 3.63) is 29.8 Å². The number of benzene rings is 1. The van der Waals surface area contributed by atoms with E-state index in [1.54, 1.807) is 18.2 Å². The number of hydrogen-bond donors (Lipinski definition) is 1. The van der Waals surface area contributed by atoms with Crippen molar-refractivity contribution in [3.63, 3.8) is 0 Å². The first kappa shape index (κ1) is 16.5. The maximum atomic E-state index is 12.1. The summed E-state index contributed by atoms with van der Waals surface area (Å²) in [5.74, 6) is 0.902. The Morgan fingerprint density at radius 2 is 2.14 bits per heavy atom. The lowest BCUT2D eigenvalue weighted by molar-refractivity contribution is -0.131. The van der Waals surface area contributed by atoms with Gasteiger partial charge in [-0.2, -0.15) is 0 Å². The maximum Gasteiger partial charge on any atom is 0.222 e. The summed E-state index contributed by atoms with van der Waals surface area (Å²) >= 11 is 0. The Labute approximate surface area is 131 Å². The number of rotatable bonds is 6. The normalized spacial score (nSPS) is 15.2. The van der Waals surface area contributed by atoms with Crippen molar-refractivity contribution in [1.29, 1.82) is 0 Å². The Morgan fingerprint density at radius 3 is 2.95 bits per heavy atom. The summed E-state index contributed by atoms with van der Waals surface area (Å²) in [6.07, 6.45) is 2.21. The van der Waals surface area contributed by atoms with Crippen LogP contribution in [0.25, 0.3) is 0 Å². The van der Waals surface area contributed by atoms with E-state index in [1.165, 1.54) is 6.92 Å². The van der Waals surface area contributed by atoms with Gasteiger partial charge in [0.05, 0.1) is 6.61 Å². The first-order valence-corrected chi connectivity index (χ1v) is 7.89. The zero-order chi connectivity index (χ0) is 15.8. The van der Waals surface area contributed by atoms with Gasteiger partial charge in [-0.05, 0) is 38.4 Å². The molecule has 0 bridgehead atoms. The SMILES string of the molecule is CC(=O)c1cccc(OCCCC(=O)N2CCCNCC2)c1. The summed E-state index contributed by atoms with van der Waals surface area (Å²) in [5, 5.41) is 3.29. The molecule has 0 aromatic heterocycles. The second-order valence-electron chi connectivity index (χ2n) is 5.52. The lowest BCUT2D eigenvalue weighted by Crippen LogP contribution is -2.34. The molecule has 1 N–H and O–H groups in total. The van der Waals surface area contributed by atoms with Crippen LogP contribution in [0, 0.1) is 0 Å². The standard InChI is InChI=1S/C17H24N2O3/c1-14(20)15-5-2-6-16(13-15)22-12-3-7-17(21)19-10-4-8-18-9-11-19/h2,5-6,13,18H,3-4,7-12H2,1H3. The molecule has 0 spiro atoms. The van der Waals surface area contributed by atoms with E-state index in [4.69, 9.17) is 4.74 Å². The maximum absolute atomic E-state index is 12.1. The molecule has 1 aromatic rings. The molecule has 5 heteroatoms. The van der Waals surface area contributed by atoms with Crippen molar-refractivity contribution < 1.29 is 14.3 Å². The summed E-state index contributed by atoms with van der Waals surface area (Å²) < 4.78 is 5.62. The number of amides is 1. The van der Waals surface area contributed by atoms with Crippen molar-refractivity contribution in [1.82, 2.24) is 10.2 Å². The van der Waals surface area contributed by atoms with Crippen molar-refractivity contribution in [2.24, 2.45) is 0 Å². The van der Waals surface area contributed by atoms with Crippen molar-refractivity contribution in [2.75, 3.05) is 32.8 Å². The molecule has 5 nitrogen and oxygen atoms in total. The summed E-state index contributed by atoms with van der Waals surface area (Å²) in [7, 11) is 0. The average molecular weight is 304 g/mol. The molecule has 1 saturated heterocycles. The number of carbonyl (C=O) groups is 2. The van der Waals surface area contributed by atoms with Crippen LogP contribution in [0.5, 0.6) is 5.75 Å². The van der Waals surface area contributed by atoms with E-state index >= 15 is 0 Å². The molecule has 0 saturated carbocycles. The molecule has 120 valence electrons. The highest BCUT2D eigenvalue weighted by Gasteiger charge is 2.14. The molecule has 0 unspecified atom stereocenters. The quantitative estimate of drug-likeness (QED) is 0.644. The van der Waals surface area contributed by atoms with Gasteiger partial charge >= 0.3 is 0 Å². The molecule has 0 atom stereocenters. The third-order valence-electron chi connectivity index (χ3n) is 3.74. The summed E-state index contributed by atoms with van der Waals surface area (Å²) in [4.78, 5) is 25.3. The van der Waals surface area contributed by atoms with Gasteiger partial charge in [-0.15, -0.1) is 0 Å². The van der Waals surface area contributed by atoms with E-state index in [0.717, 1.165) is 32.6 Å². The fourth-order valence-electron chi connectivity index (χ4n) is 2.47. The van der Waals surface area contributed by atoms with Gasteiger partial charge in [0.25, 0.3) is 0 Å². The Bertz CT molecular complexity index is 508. The molecule has 1 aromatic carbocycles. The van der Waals surface area contributed by atoms with Crippen LogP contribution in [0.15, 0.2) is 24.3 Å². The molecule has 1 amide bonds. The van der Waals surface area contributed by atoms with Crippen LogP contribution in [-0.4, -0.2) is 49.4 Å². The Hall–Kier alpha value is -1.88. The largest absolute Gasteiger partial charge is 0.494 e. The molecule has 1 aliphatic rings. The number of hydrogen-bond acceptors (Lipinski definition) is 4. The first-order valence-electron chi connectivity index (χ1n) is 7.89. The van der Waals surface area contributed by atoms with E-state index in [-0.39, 0.29) is 11.7 Å². The van der Waals surface area contributed by atoms with E-state index in [2.05, 4.69) is 5.32 Å². The molecule has 0 radical (unpaired) electrons. The zero-order valence-electron chi connectivity index (χ0n) is 13.1. The van der Waals surface area contributed by atoms with Crippen molar-refractivity contribution in [3.8, 4) is 5.75 Å². The summed E-state index contributed by atoms with van der Waals surface area (Å²) in [6, 6.07) is 7.15. The second kappa shape index (κ2) is 8.54. The predicted molar refractivity (Wildman–Crippen MR) is 85.2 cm³/mol. The summed E-state index contributed by atoms with van der Waals surface area (Å²) in [5.41, 5.74) is 0.644. The molecule has 1 aliphatic heterocycles. The third kappa shape index (κ3) is 5.15. The highest BCUT2D eigenvalue weighted by atomic mass is 16.5. The van der Waals surface area contributed by atoms with Crippen LogP contribution in [0.2, 0.25) is 0 Å². The first-order chi connectivity index (χ1) is 10.7. The van der Waals surface area contributed by atoms with Gasteiger partial charge in [0.15, 0.2) is 5.78 Å². The van der Waals surface area contributed by atoms with E-state index in [9.17, 15) is 9.59 Å². The zero-order valence-corrected chi connectivity index (χ0v) is 13.1. The number of carbonyl (C=O) groups excluding carboxylic acids is 2. The molecule has 22 heavy (non-hydrogen) atoms. The number of ether oxygens (including phenoxy) is 1. The van der Waals surface area contributed by atoms with E-state index in [0.29, 0.717) is 30.8 Å². The number of nitrogens with zero attached hydrogens (tertiary/aromatic N) is 1. The fourth-order valence-corrected chi connectivity index (χ4v) is 2.47. The third-order valence-corrected chi connectivity index (χ3v) is 3.74. The van der Waals surface area contributed by atoms with Crippen LogP contribution in [0.3, 0.4) is 0 Å². The van der Waals surface area contributed by atoms with Crippen LogP contribution in [0.1, 0.15) is 36.5 Å². The predicted octanol–water partition coefficient (Wildman–Crippen LogP) is 1.87. The molecule has 0 aliphatic carbocycles. The minimum absolute atomic E-state index is 0.0235. The van der Waals surface area contributed by atoms with Crippen molar-refractivity contribution >= 4 is 11.7 Å². The van der Waals surface area contributed by atoms with Crippen LogP contribution >= 0.6 is 0 Å². The van der Waals surface area contributed by atoms with Gasteiger partial charge in [-0.1, -0.05) is 12.1 Å². The lowest BCUT2D eigenvalue weighted by Gasteiger charge is -2.19. The molecule has 2 rings (SSSR count). The Kier molecular flexibility index (Phi) is 6.40. The highest BCUT2D eigenvalue weighted by molar-refractivity contribution is 5.94. The van der Waals surface area contributed by atoms with Gasteiger partial charge in [-0.25, -0.2) is 0 Å². The number of nitrogens with one attached hydrogen (secondary N) is 1. The van der Waals surface area contributed by atoms with E-state index < -0.39 is 0 Å².